The van der Waals surface area contributed by atoms with Gasteiger partial charge >= 0.3 is 18.0 Å². The molecule has 0 bridgehead atoms. The van der Waals surface area contributed by atoms with E-state index in [4.69, 9.17) is 4.74 Å². The smallest absolute Gasteiger partial charge is 0.409 e. The summed E-state index contributed by atoms with van der Waals surface area (Å²) in [6.07, 6.45) is -1.54. The molecule has 0 saturated carbocycles. The average molecular weight is 359 g/mol. The van der Waals surface area contributed by atoms with Crippen LogP contribution in [0.4, 0.5) is 4.79 Å². The number of rotatable bonds is 5. The monoisotopic (exact) mass is 359 g/mol. The number of amides is 1. The molecule has 0 unspecified atom stereocenters. The van der Waals surface area contributed by atoms with Gasteiger partial charge in [0.05, 0.1) is 0 Å². The molecule has 0 aliphatic heterocycles. The fourth-order valence-corrected chi connectivity index (χ4v) is 2.60. The van der Waals surface area contributed by atoms with E-state index in [1.54, 1.807) is 45.0 Å². The van der Waals surface area contributed by atoms with Crippen LogP contribution in [-0.4, -0.2) is 39.4 Å². The van der Waals surface area contributed by atoms with Crippen LogP contribution in [0, 0.1) is 0 Å². The summed E-state index contributed by atoms with van der Waals surface area (Å²) in [5.41, 5.74) is -2.96. The van der Waals surface area contributed by atoms with Crippen molar-refractivity contribution in [1.82, 2.24) is 5.32 Å². The second kappa shape index (κ2) is 7.03. The Kier molecular flexibility index (Phi) is 5.20. The first-order chi connectivity index (χ1) is 12.0. The number of fused-ring (bicyclic) bond motifs is 1. The maximum Gasteiger partial charge on any atom is 0.409 e. The molecule has 0 fully saturated rings. The summed E-state index contributed by atoms with van der Waals surface area (Å²) >= 11 is 0. The second-order valence-corrected chi connectivity index (χ2v) is 6.96. The number of nitrogens with one attached hydrogen (secondary N) is 1. The van der Waals surface area contributed by atoms with Crippen molar-refractivity contribution in [3.05, 3.63) is 48.0 Å². The molecule has 0 aliphatic carbocycles. The lowest BCUT2D eigenvalue weighted by molar-refractivity contribution is -0.159. The predicted molar refractivity (Wildman–Crippen MR) is 95.0 cm³/mol. The zero-order valence-electron chi connectivity index (χ0n) is 14.8. The molecule has 0 spiro atoms. The van der Waals surface area contributed by atoms with E-state index in [0.29, 0.717) is 10.9 Å². The van der Waals surface area contributed by atoms with Gasteiger partial charge < -0.3 is 14.9 Å². The van der Waals surface area contributed by atoms with Crippen molar-refractivity contribution in [2.24, 2.45) is 0 Å². The normalized spacial score (nSPS) is 11.8. The molecule has 0 radical (unpaired) electrons. The third kappa shape index (κ3) is 4.11. The van der Waals surface area contributed by atoms with Crippen LogP contribution in [0.15, 0.2) is 42.5 Å². The number of hydrogen-bond donors (Lipinski definition) is 3. The van der Waals surface area contributed by atoms with E-state index in [1.165, 1.54) is 0 Å². The number of alkyl carbamates (subject to hydrolysis) is 1. The molecule has 1 amide bonds. The lowest BCUT2D eigenvalue weighted by Gasteiger charge is -2.28. The van der Waals surface area contributed by atoms with E-state index >= 15 is 0 Å². The number of carbonyl (C=O) groups is 3. The van der Waals surface area contributed by atoms with Crippen molar-refractivity contribution in [3.63, 3.8) is 0 Å². The molecule has 0 saturated heterocycles. The van der Waals surface area contributed by atoms with Crippen LogP contribution in [0.25, 0.3) is 10.8 Å². The number of aliphatic carboxylic acids is 2. The van der Waals surface area contributed by atoms with Crippen molar-refractivity contribution in [2.45, 2.75) is 38.3 Å². The van der Waals surface area contributed by atoms with E-state index < -0.39 is 35.6 Å². The fraction of sp³-hybridized carbons (Fsp3) is 0.316. The molecule has 2 aromatic rings. The van der Waals surface area contributed by atoms with Crippen molar-refractivity contribution in [2.75, 3.05) is 0 Å². The highest BCUT2D eigenvalue weighted by Gasteiger charge is 2.49. The van der Waals surface area contributed by atoms with Crippen molar-refractivity contribution in [1.29, 1.82) is 0 Å². The third-order valence-electron chi connectivity index (χ3n) is 3.78. The lowest BCUT2D eigenvalue weighted by Crippen LogP contribution is -2.62. The summed E-state index contributed by atoms with van der Waals surface area (Å²) in [4.78, 5) is 35.8. The average Bonchev–Trinajstić information content (AvgIpc) is 2.52. The summed E-state index contributed by atoms with van der Waals surface area (Å²) in [6, 6.07) is 12.4. The van der Waals surface area contributed by atoms with Gasteiger partial charge in [0.15, 0.2) is 0 Å². The Morgan fingerprint density at radius 1 is 0.962 bits per heavy atom. The van der Waals surface area contributed by atoms with Gasteiger partial charge in [0.1, 0.15) is 5.60 Å². The molecule has 0 heterocycles. The molecule has 138 valence electrons. The van der Waals surface area contributed by atoms with Crippen LogP contribution in [0.1, 0.15) is 26.3 Å². The Morgan fingerprint density at radius 3 is 2.12 bits per heavy atom. The maximum atomic E-state index is 12.1. The van der Waals surface area contributed by atoms with Crippen LogP contribution >= 0.6 is 0 Å². The van der Waals surface area contributed by atoms with Crippen LogP contribution < -0.4 is 5.32 Å². The Labute approximate surface area is 150 Å². The molecular formula is C19H21NO6. The standard InChI is InChI=1S/C19H21NO6/c1-18(2,3)26-17(25)20-19(15(21)22,16(23)24)11-13-9-6-8-12-7-4-5-10-14(12)13/h4-10H,11H2,1-3H3,(H,20,25)(H,21,22)(H,23,24). The van der Waals surface area contributed by atoms with E-state index in [2.05, 4.69) is 0 Å². The highest BCUT2D eigenvalue weighted by atomic mass is 16.6. The Morgan fingerprint density at radius 2 is 1.54 bits per heavy atom. The molecule has 0 aromatic heterocycles. The third-order valence-corrected chi connectivity index (χ3v) is 3.78. The van der Waals surface area contributed by atoms with E-state index in [0.717, 1.165) is 5.39 Å². The topological polar surface area (TPSA) is 113 Å². The fourth-order valence-electron chi connectivity index (χ4n) is 2.60. The molecule has 0 aliphatic rings. The Hall–Kier alpha value is -3.09. The number of hydrogen-bond acceptors (Lipinski definition) is 4. The predicted octanol–water partition coefficient (Wildman–Crippen LogP) is 2.82. The van der Waals surface area contributed by atoms with Gasteiger partial charge in [0.2, 0.25) is 5.54 Å². The van der Waals surface area contributed by atoms with Crippen LogP contribution in [0.2, 0.25) is 0 Å². The summed E-state index contributed by atoms with van der Waals surface area (Å²) in [6.45, 7) is 4.79. The van der Waals surface area contributed by atoms with Crippen LogP contribution in [0.3, 0.4) is 0 Å². The SMILES string of the molecule is CC(C)(C)OC(=O)NC(Cc1cccc2ccccc12)(C(=O)O)C(=O)O. The van der Waals surface area contributed by atoms with Gasteiger partial charge in [-0.05, 0) is 37.1 Å². The zero-order chi connectivity index (χ0) is 19.5. The van der Waals surface area contributed by atoms with Gasteiger partial charge in [-0.1, -0.05) is 42.5 Å². The van der Waals surface area contributed by atoms with Gasteiger partial charge in [-0.3, -0.25) is 5.32 Å². The molecule has 2 aromatic carbocycles. The van der Waals surface area contributed by atoms with Gasteiger partial charge in [-0.25, -0.2) is 14.4 Å². The second-order valence-electron chi connectivity index (χ2n) is 6.96. The van der Waals surface area contributed by atoms with E-state index in [-0.39, 0.29) is 0 Å². The summed E-state index contributed by atoms with van der Waals surface area (Å²) < 4.78 is 5.04. The number of carboxylic acid groups (broad SMARTS) is 2. The summed E-state index contributed by atoms with van der Waals surface area (Å²) in [5.74, 6) is -3.35. The van der Waals surface area contributed by atoms with Crippen molar-refractivity contribution in [3.8, 4) is 0 Å². The molecular weight excluding hydrogens is 338 g/mol. The molecule has 26 heavy (non-hydrogen) atoms. The van der Waals surface area contributed by atoms with Gasteiger partial charge in [0.25, 0.3) is 0 Å². The summed E-state index contributed by atoms with van der Waals surface area (Å²) in [7, 11) is 0. The molecule has 0 atom stereocenters. The van der Waals surface area contributed by atoms with Gasteiger partial charge in [-0.15, -0.1) is 0 Å². The highest BCUT2D eigenvalue weighted by molar-refractivity contribution is 6.06. The molecule has 7 nitrogen and oxygen atoms in total. The van der Waals surface area contributed by atoms with Crippen LogP contribution in [-0.2, 0) is 20.7 Å². The number of benzene rings is 2. The first-order valence-electron chi connectivity index (χ1n) is 8.00. The Balaban J connectivity index is 2.46. The number of carbonyl (C=O) groups excluding carboxylic acids is 1. The zero-order valence-corrected chi connectivity index (χ0v) is 14.8. The number of ether oxygens (including phenoxy) is 1. The van der Waals surface area contributed by atoms with Crippen molar-refractivity contribution < 1.29 is 29.3 Å². The largest absolute Gasteiger partial charge is 0.479 e. The van der Waals surface area contributed by atoms with Gasteiger partial charge in [0, 0.05) is 6.42 Å². The van der Waals surface area contributed by atoms with Gasteiger partial charge in [-0.2, -0.15) is 0 Å². The first-order valence-corrected chi connectivity index (χ1v) is 8.00. The highest BCUT2D eigenvalue weighted by Crippen LogP contribution is 2.24. The first kappa shape index (κ1) is 19.2. The molecule has 3 N–H and O–H groups in total. The Bertz CT molecular complexity index is 833. The van der Waals surface area contributed by atoms with E-state index in [1.807, 2.05) is 23.5 Å². The molecule has 7 heteroatoms. The summed E-state index contributed by atoms with van der Waals surface area (Å²) in [5, 5.41) is 22.8. The lowest BCUT2D eigenvalue weighted by atomic mass is 9.88. The van der Waals surface area contributed by atoms with Crippen LogP contribution in [0.5, 0.6) is 0 Å². The number of carboxylic acids is 2. The van der Waals surface area contributed by atoms with Crippen molar-refractivity contribution >= 4 is 28.8 Å². The minimum absolute atomic E-state index is 0.432. The maximum absolute atomic E-state index is 12.1. The minimum Gasteiger partial charge on any atom is -0.479 e. The quantitative estimate of drug-likeness (QED) is 0.708. The molecule has 2 rings (SSSR count). The van der Waals surface area contributed by atoms with E-state index in [9.17, 15) is 24.6 Å². The minimum atomic E-state index is -2.55.